The molecule has 2 aromatic heterocycles. The van der Waals surface area contributed by atoms with Crippen molar-refractivity contribution >= 4 is 28.8 Å². The first-order valence-corrected chi connectivity index (χ1v) is 11.4. The molecule has 0 atom stereocenters. The molecule has 0 radical (unpaired) electrons. The van der Waals surface area contributed by atoms with E-state index in [-0.39, 0.29) is 29.2 Å². The Kier molecular flexibility index (Phi) is 5.77. The van der Waals surface area contributed by atoms with Gasteiger partial charge in [0.15, 0.2) is 11.3 Å². The van der Waals surface area contributed by atoms with E-state index in [0.717, 1.165) is 31.4 Å². The Morgan fingerprint density at radius 3 is 2.33 bits per heavy atom. The van der Waals surface area contributed by atoms with Crippen LogP contribution in [-0.4, -0.2) is 62.5 Å². The number of pyridine rings is 1. The maximum atomic E-state index is 13.4. The molecular formula is C24H26N6O3. The molecule has 3 heterocycles. The number of hydrogen-bond acceptors (Lipinski definition) is 5. The van der Waals surface area contributed by atoms with Gasteiger partial charge in [0, 0.05) is 44.1 Å². The number of carbonyl (C=O) groups excluding carboxylic acids is 2. The third-order valence-corrected chi connectivity index (χ3v) is 6.42. The number of carbonyl (C=O) groups is 2. The fourth-order valence-electron chi connectivity index (χ4n) is 4.67. The van der Waals surface area contributed by atoms with E-state index in [1.807, 2.05) is 30.3 Å². The van der Waals surface area contributed by atoms with Crippen LogP contribution in [0.1, 0.15) is 42.2 Å². The molecule has 9 heteroatoms. The Morgan fingerprint density at radius 2 is 1.61 bits per heavy atom. The molecule has 33 heavy (non-hydrogen) atoms. The molecule has 1 saturated carbocycles. The fraction of sp³-hybridized carbons (Fsp3) is 0.375. The quantitative estimate of drug-likeness (QED) is 0.667. The van der Waals surface area contributed by atoms with Crippen molar-refractivity contribution in [2.24, 2.45) is 0 Å². The second kappa shape index (κ2) is 9.01. The van der Waals surface area contributed by atoms with Crippen LogP contribution < -0.4 is 10.9 Å². The molecule has 0 spiro atoms. The van der Waals surface area contributed by atoms with Crippen LogP contribution in [0.5, 0.6) is 0 Å². The number of anilines is 1. The van der Waals surface area contributed by atoms with Gasteiger partial charge in [0.05, 0.1) is 0 Å². The number of piperazine rings is 1. The number of rotatable bonds is 3. The highest BCUT2D eigenvalue weighted by molar-refractivity contribution is 5.94. The largest absolute Gasteiger partial charge is 0.334 e. The number of urea groups is 1. The second-order valence-corrected chi connectivity index (χ2v) is 8.50. The van der Waals surface area contributed by atoms with Gasteiger partial charge in [-0.25, -0.2) is 14.8 Å². The average Bonchev–Trinajstić information content (AvgIpc) is 3.38. The van der Waals surface area contributed by atoms with E-state index >= 15 is 0 Å². The molecule has 170 valence electrons. The van der Waals surface area contributed by atoms with Crippen molar-refractivity contribution in [3.8, 4) is 0 Å². The van der Waals surface area contributed by atoms with Crippen molar-refractivity contribution in [1.82, 2.24) is 24.3 Å². The highest BCUT2D eigenvalue weighted by Crippen LogP contribution is 2.30. The third-order valence-electron chi connectivity index (χ3n) is 6.42. The van der Waals surface area contributed by atoms with E-state index in [1.54, 1.807) is 32.7 Å². The normalized spacial score (nSPS) is 16.8. The first-order valence-electron chi connectivity index (χ1n) is 11.4. The van der Waals surface area contributed by atoms with Gasteiger partial charge in [0.2, 0.25) is 0 Å². The lowest BCUT2D eigenvalue weighted by Gasteiger charge is -2.34. The van der Waals surface area contributed by atoms with Crippen LogP contribution in [0.2, 0.25) is 0 Å². The van der Waals surface area contributed by atoms with Crippen LogP contribution in [0.4, 0.5) is 10.5 Å². The minimum atomic E-state index is -0.388. The number of fused-ring (bicyclic) bond motifs is 1. The van der Waals surface area contributed by atoms with Crippen LogP contribution in [0.3, 0.4) is 0 Å². The summed E-state index contributed by atoms with van der Waals surface area (Å²) in [4.78, 5) is 51.3. The van der Waals surface area contributed by atoms with Gasteiger partial charge in [0.25, 0.3) is 11.5 Å². The lowest BCUT2D eigenvalue weighted by Crippen LogP contribution is -2.52. The molecular weight excluding hydrogens is 420 g/mol. The standard InChI is InChI=1S/C24H26N6O3/c31-22(28-13-15-29(16-14-28)24(33)26-17-7-2-1-3-8-17)20-23(32)30(18-9-4-5-10-18)21-19(27-20)11-6-12-25-21/h1-3,6-8,11-12,18H,4-5,9-10,13-16H2,(H,26,33). The molecule has 1 aliphatic heterocycles. The van der Waals surface area contributed by atoms with Crippen LogP contribution >= 0.6 is 0 Å². The van der Waals surface area contributed by atoms with Gasteiger partial charge in [-0.1, -0.05) is 31.0 Å². The Balaban J connectivity index is 1.34. The summed E-state index contributed by atoms with van der Waals surface area (Å²) < 4.78 is 1.67. The van der Waals surface area contributed by atoms with Crippen molar-refractivity contribution in [2.75, 3.05) is 31.5 Å². The SMILES string of the molecule is O=C(Nc1ccccc1)N1CCN(C(=O)c2nc3cccnc3n(C3CCCC3)c2=O)CC1. The molecule has 1 N–H and O–H groups in total. The summed E-state index contributed by atoms with van der Waals surface area (Å²) in [5, 5.41) is 2.87. The summed E-state index contributed by atoms with van der Waals surface area (Å²) in [5.41, 5.74) is 1.37. The minimum Gasteiger partial charge on any atom is -0.334 e. The summed E-state index contributed by atoms with van der Waals surface area (Å²) in [6.45, 7) is 1.46. The lowest BCUT2D eigenvalue weighted by atomic mass is 10.2. The number of nitrogens with one attached hydrogen (secondary N) is 1. The van der Waals surface area contributed by atoms with E-state index < -0.39 is 0 Å². The van der Waals surface area contributed by atoms with E-state index in [9.17, 15) is 14.4 Å². The van der Waals surface area contributed by atoms with E-state index in [4.69, 9.17) is 0 Å². The number of aromatic nitrogens is 3. The topological polar surface area (TPSA) is 100 Å². The maximum Gasteiger partial charge on any atom is 0.321 e. The van der Waals surface area contributed by atoms with Gasteiger partial charge in [-0.15, -0.1) is 0 Å². The average molecular weight is 447 g/mol. The molecule has 3 amide bonds. The molecule has 1 aromatic carbocycles. The van der Waals surface area contributed by atoms with E-state index in [1.165, 1.54) is 0 Å². The van der Waals surface area contributed by atoms with Crippen molar-refractivity contribution < 1.29 is 9.59 Å². The Morgan fingerprint density at radius 1 is 0.909 bits per heavy atom. The highest BCUT2D eigenvalue weighted by Gasteiger charge is 2.30. The number of hydrogen-bond donors (Lipinski definition) is 1. The molecule has 2 fully saturated rings. The van der Waals surface area contributed by atoms with Crippen LogP contribution in [0.15, 0.2) is 53.5 Å². The Hall–Kier alpha value is -3.75. The third kappa shape index (κ3) is 4.18. The predicted octanol–water partition coefficient (Wildman–Crippen LogP) is 2.90. The van der Waals surface area contributed by atoms with Gasteiger partial charge in [-0.2, -0.15) is 0 Å². The predicted molar refractivity (Wildman–Crippen MR) is 124 cm³/mol. The monoisotopic (exact) mass is 446 g/mol. The molecule has 2 aliphatic rings. The van der Waals surface area contributed by atoms with Crippen molar-refractivity contribution in [2.45, 2.75) is 31.7 Å². The van der Waals surface area contributed by atoms with Gasteiger partial charge >= 0.3 is 6.03 Å². The smallest absolute Gasteiger partial charge is 0.321 e. The van der Waals surface area contributed by atoms with Crippen LogP contribution in [-0.2, 0) is 0 Å². The van der Waals surface area contributed by atoms with Gasteiger partial charge < -0.3 is 15.1 Å². The van der Waals surface area contributed by atoms with Crippen molar-refractivity contribution in [1.29, 1.82) is 0 Å². The second-order valence-electron chi connectivity index (χ2n) is 8.50. The first kappa shape index (κ1) is 21.1. The fourth-order valence-corrected chi connectivity index (χ4v) is 4.67. The zero-order valence-electron chi connectivity index (χ0n) is 18.3. The van der Waals surface area contributed by atoms with Gasteiger partial charge in [-0.05, 0) is 37.1 Å². The molecule has 1 aliphatic carbocycles. The van der Waals surface area contributed by atoms with Crippen molar-refractivity contribution in [3.05, 3.63) is 64.7 Å². The number of nitrogens with zero attached hydrogens (tertiary/aromatic N) is 5. The molecule has 0 bridgehead atoms. The first-order chi connectivity index (χ1) is 16.1. The number of benzene rings is 1. The van der Waals surface area contributed by atoms with Crippen molar-refractivity contribution in [3.63, 3.8) is 0 Å². The summed E-state index contributed by atoms with van der Waals surface area (Å²) in [5.74, 6) is -0.388. The zero-order chi connectivity index (χ0) is 22.8. The van der Waals surface area contributed by atoms with Crippen LogP contribution in [0.25, 0.3) is 11.2 Å². The number of amides is 3. The summed E-state index contributed by atoms with van der Waals surface area (Å²) >= 11 is 0. The van der Waals surface area contributed by atoms with Crippen LogP contribution in [0, 0.1) is 0 Å². The van der Waals surface area contributed by atoms with Gasteiger partial charge in [0.1, 0.15) is 5.52 Å². The minimum absolute atomic E-state index is 0.0444. The molecule has 1 saturated heterocycles. The molecule has 9 nitrogen and oxygen atoms in total. The summed E-state index contributed by atoms with van der Waals surface area (Å²) in [7, 11) is 0. The zero-order valence-corrected chi connectivity index (χ0v) is 18.3. The molecule has 3 aromatic rings. The Labute approximate surface area is 191 Å². The van der Waals surface area contributed by atoms with Gasteiger partial charge in [-0.3, -0.25) is 14.2 Å². The molecule has 0 unspecified atom stereocenters. The summed E-state index contributed by atoms with van der Waals surface area (Å²) in [6, 6.07) is 12.6. The maximum absolute atomic E-state index is 13.4. The summed E-state index contributed by atoms with van der Waals surface area (Å²) in [6.07, 6.45) is 5.57. The van der Waals surface area contributed by atoms with E-state index in [2.05, 4.69) is 15.3 Å². The number of para-hydroxylation sites is 1. The highest BCUT2D eigenvalue weighted by atomic mass is 16.2. The Bertz CT molecular complexity index is 1230. The molecule has 5 rings (SSSR count). The lowest BCUT2D eigenvalue weighted by molar-refractivity contribution is 0.0663. The van der Waals surface area contributed by atoms with E-state index in [0.29, 0.717) is 37.3 Å².